The topological polar surface area (TPSA) is 80.5 Å². The van der Waals surface area contributed by atoms with Crippen molar-refractivity contribution in [2.24, 2.45) is 0 Å². The molecule has 0 radical (unpaired) electrons. The van der Waals surface area contributed by atoms with Gasteiger partial charge in [0.25, 0.3) is 0 Å². The summed E-state index contributed by atoms with van der Waals surface area (Å²) in [5.41, 5.74) is 0. The molecule has 0 saturated carbocycles. The lowest BCUT2D eigenvalue weighted by Gasteiger charge is -2.32. The van der Waals surface area contributed by atoms with Gasteiger partial charge in [-0.05, 0) is 26.3 Å². The molecule has 7 nitrogen and oxygen atoms in total. The first-order valence-corrected chi connectivity index (χ1v) is 7.00. The number of hydrogen-bond donors (Lipinski definition) is 1. The van der Waals surface area contributed by atoms with Crippen molar-refractivity contribution in [3.05, 3.63) is 11.7 Å². The Morgan fingerprint density at radius 2 is 2.40 bits per heavy atom. The van der Waals surface area contributed by atoms with Crippen LogP contribution in [0.15, 0.2) is 4.52 Å². The van der Waals surface area contributed by atoms with Gasteiger partial charge < -0.3 is 14.6 Å². The Morgan fingerprint density at radius 1 is 1.55 bits per heavy atom. The zero-order valence-corrected chi connectivity index (χ0v) is 12.1. The van der Waals surface area contributed by atoms with Crippen LogP contribution in [0.1, 0.15) is 37.0 Å². The zero-order chi connectivity index (χ0) is 14.4. The van der Waals surface area contributed by atoms with E-state index in [9.17, 15) is 4.79 Å². The molecule has 0 bridgehead atoms. The number of rotatable bonds is 6. The van der Waals surface area contributed by atoms with Crippen molar-refractivity contribution in [2.75, 3.05) is 33.4 Å². The maximum absolute atomic E-state index is 11.9. The summed E-state index contributed by atoms with van der Waals surface area (Å²) in [6.07, 6.45) is 3.16. The van der Waals surface area contributed by atoms with Crippen molar-refractivity contribution in [1.82, 2.24) is 20.4 Å². The first kappa shape index (κ1) is 14.9. The van der Waals surface area contributed by atoms with E-state index in [2.05, 4.69) is 20.4 Å². The average molecular weight is 282 g/mol. The maximum atomic E-state index is 11.9. The van der Waals surface area contributed by atoms with Gasteiger partial charge in [-0.2, -0.15) is 4.98 Å². The number of aryl methyl sites for hydroxylation is 1. The lowest BCUT2D eigenvalue weighted by molar-refractivity contribution is -0.123. The number of likely N-dealkylation sites (tertiary alicyclic amines) is 1. The van der Waals surface area contributed by atoms with Gasteiger partial charge >= 0.3 is 0 Å². The lowest BCUT2D eigenvalue weighted by Crippen LogP contribution is -2.42. The van der Waals surface area contributed by atoms with Crippen LogP contribution in [-0.4, -0.2) is 54.3 Å². The number of nitrogens with zero attached hydrogens (tertiary/aromatic N) is 3. The lowest BCUT2D eigenvalue weighted by atomic mass is 10.0. The summed E-state index contributed by atoms with van der Waals surface area (Å²) in [6.45, 7) is 4.10. The Kier molecular flexibility index (Phi) is 5.49. The number of ether oxygens (including phenoxy) is 1. The number of hydrogen-bond acceptors (Lipinski definition) is 6. The van der Waals surface area contributed by atoms with Crippen LogP contribution in [-0.2, 0) is 9.53 Å². The summed E-state index contributed by atoms with van der Waals surface area (Å²) in [5.74, 6) is 1.26. The molecule has 1 aromatic rings. The molecule has 1 aliphatic heterocycles. The van der Waals surface area contributed by atoms with Gasteiger partial charge in [-0.25, -0.2) is 0 Å². The third kappa shape index (κ3) is 4.01. The Balaban J connectivity index is 1.91. The van der Waals surface area contributed by atoms with E-state index in [4.69, 9.17) is 9.26 Å². The van der Waals surface area contributed by atoms with Gasteiger partial charge in [0.2, 0.25) is 11.8 Å². The number of piperidine rings is 1. The summed E-state index contributed by atoms with van der Waals surface area (Å²) >= 11 is 0. The molecule has 1 saturated heterocycles. The number of methoxy groups -OCH3 is 1. The van der Waals surface area contributed by atoms with E-state index in [0.29, 0.717) is 31.4 Å². The van der Waals surface area contributed by atoms with Crippen LogP contribution in [0.3, 0.4) is 0 Å². The number of aromatic nitrogens is 2. The molecule has 20 heavy (non-hydrogen) atoms. The molecule has 1 aromatic heterocycles. The summed E-state index contributed by atoms with van der Waals surface area (Å²) < 4.78 is 10.2. The van der Waals surface area contributed by atoms with Crippen LogP contribution in [0.2, 0.25) is 0 Å². The second kappa shape index (κ2) is 7.35. The van der Waals surface area contributed by atoms with E-state index in [-0.39, 0.29) is 11.9 Å². The highest BCUT2D eigenvalue weighted by Crippen LogP contribution is 2.29. The van der Waals surface area contributed by atoms with Crippen molar-refractivity contribution in [1.29, 1.82) is 0 Å². The highest BCUT2D eigenvalue weighted by atomic mass is 16.5. The molecule has 1 N–H and O–H groups in total. The van der Waals surface area contributed by atoms with Crippen LogP contribution in [0.25, 0.3) is 0 Å². The Morgan fingerprint density at radius 3 is 3.10 bits per heavy atom. The fourth-order valence-electron chi connectivity index (χ4n) is 2.44. The van der Waals surface area contributed by atoms with Gasteiger partial charge in [0.15, 0.2) is 5.82 Å². The van der Waals surface area contributed by atoms with E-state index < -0.39 is 0 Å². The second-order valence-electron chi connectivity index (χ2n) is 5.00. The largest absolute Gasteiger partial charge is 0.383 e. The van der Waals surface area contributed by atoms with Crippen LogP contribution in [0, 0.1) is 6.92 Å². The summed E-state index contributed by atoms with van der Waals surface area (Å²) in [4.78, 5) is 18.3. The first-order chi connectivity index (χ1) is 9.70. The molecule has 0 aliphatic carbocycles. The minimum atomic E-state index is 0.00480. The molecule has 1 aliphatic rings. The quantitative estimate of drug-likeness (QED) is 0.772. The molecular weight excluding hydrogens is 260 g/mol. The van der Waals surface area contributed by atoms with Gasteiger partial charge in [-0.1, -0.05) is 11.6 Å². The fourth-order valence-corrected chi connectivity index (χ4v) is 2.44. The third-order valence-electron chi connectivity index (χ3n) is 3.42. The number of carbonyl (C=O) groups is 1. The smallest absolute Gasteiger partial charge is 0.243 e. The molecule has 7 heteroatoms. The van der Waals surface area contributed by atoms with Crippen molar-refractivity contribution in [3.8, 4) is 0 Å². The number of nitrogens with one attached hydrogen (secondary N) is 1. The Bertz CT molecular complexity index is 435. The fraction of sp³-hybridized carbons (Fsp3) is 0.769. The minimum absolute atomic E-state index is 0.00480. The maximum Gasteiger partial charge on any atom is 0.243 e. The van der Waals surface area contributed by atoms with Crippen LogP contribution >= 0.6 is 0 Å². The molecule has 112 valence electrons. The Labute approximate surface area is 118 Å². The highest BCUT2D eigenvalue weighted by molar-refractivity contribution is 5.78. The van der Waals surface area contributed by atoms with Crippen molar-refractivity contribution < 1.29 is 14.1 Å². The molecule has 2 rings (SSSR count). The summed E-state index contributed by atoms with van der Waals surface area (Å²) in [7, 11) is 1.62. The van der Waals surface area contributed by atoms with Crippen molar-refractivity contribution in [2.45, 2.75) is 32.2 Å². The van der Waals surface area contributed by atoms with Gasteiger partial charge in [-0.15, -0.1) is 0 Å². The van der Waals surface area contributed by atoms with E-state index in [0.717, 1.165) is 25.8 Å². The predicted molar refractivity (Wildman–Crippen MR) is 72.1 cm³/mol. The molecule has 1 atom stereocenters. The van der Waals surface area contributed by atoms with E-state index in [1.807, 2.05) is 0 Å². The van der Waals surface area contributed by atoms with Gasteiger partial charge in [-0.3, -0.25) is 9.69 Å². The highest BCUT2D eigenvalue weighted by Gasteiger charge is 2.29. The van der Waals surface area contributed by atoms with E-state index >= 15 is 0 Å². The van der Waals surface area contributed by atoms with Gasteiger partial charge in [0, 0.05) is 13.7 Å². The van der Waals surface area contributed by atoms with Crippen LogP contribution < -0.4 is 5.32 Å². The average Bonchev–Trinajstić information content (AvgIpc) is 2.86. The van der Waals surface area contributed by atoms with E-state index in [1.165, 1.54) is 0 Å². The van der Waals surface area contributed by atoms with Crippen LogP contribution in [0.4, 0.5) is 0 Å². The second-order valence-corrected chi connectivity index (χ2v) is 5.00. The standard InChI is InChI=1S/C13H22N4O3/c1-10-15-13(20-16-10)11-5-3-4-7-17(11)9-12(18)14-6-8-19-2/h11H,3-9H2,1-2H3,(H,14,18)/t11-/m0/s1. The SMILES string of the molecule is COCCNC(=O)CN1CCCC[C@H]1c1nc(C)no1. The molecule has 0 aromatic carbocycles. The molecule has 1 amide bonds. The van der Waals surface area contributed by atoms with Crippen molar-refractivity contribution in [3.63, 3.8) is 0 Å². The minimum Gasteiger partial charge on any atom is -0.383 e. The molecule has 0 unspecified atom stereocenters. The number of carbonyl (C=O) groups excluding carboxylic acids is 1. The third-order valence-corrected chi connectivity index (χ3v) is 3.42. The number of amides is 1. The zero-order valence-electron chi connectivity index (χ0n) is 12.1. The van der Waals surface area contributed by atoms with Gasteiger partial charge in [0.05, 0.1) is 19.2 Å². The summed E-state index contributed by atoms with van der Waals surface area (Å²) in [5, 5.41) is 6.67. The van der Waals surface area contributed by atoms with Gasteiger partial charge in [0.1, 0.15) is 0 Å². The first-order valence-electron chi connectivity index (χ1n) is 7.00. The van der Waals surface area contributed by atoms with Crippen molar-refractivity contribution >= 4 is 5.91 Å². The summed E-state index contributed by atoms with van der Waals surface area (Å²) in [6, 6.07) is 0.0538. The predicted octanol–water partition coefficient (Wildman–Crippen LogP) is 0.668. The molecule has 0 spiro atoms. The Hall–Kier alpha value is -1.47. The molecule has 1 fully saturated rings. The van der Waals surface area contributed by atoms with Crippen LogP contribution in [0.5, 0.6) is 0 Å². The molecule has 2 heterocycles. The monoisotopic (exact) mass is 282 g/mol. The molecular formula is C13H22N4O3. The van der Waals surface area contributed by atoms with E-state index in [1.54, 1.807) is 14.0 Å². The normalized spacial score (nSPS) is 20.0.